The van der Waals surface area contributed by atoms with Gasteiger partial charge in [-0.3, -0.25) is 0 Å². The van der Waals surface area contributed by atoms with Crippen molar-refractivity contribution in [1.82, 2.24) is 5.32 Å². The van der Waals surface area contributed by atoms with Crippen LogP contribution >= 0.6 is 11.6 Å². The fourth-order valence-corrected chi connectivity index (χ4v) is 1.14. The van der Waals surface area contributed by atoms with Gasteiger partial charge >= 0.3 is 0 Å². The number of halogens is 1. The Kier molecular flexibility index (Phi) is 2.22. The third kappa shape index (κ3) is 1.45. The average molecular weight is 160 g/mol. The maximum Gasteiger partial charge on any atom is 0.0947 e. The Bertz CT molecular complexity index is 196. The highest BCUT2D eigenvalue weighted by Crippen LogP contribution is 2.23. The fraction of sp³-hybridized carbons (Fsp3) is 0.429. The van der Waals surface area contributed by atoms with Crippen LogP contribution in [0.1, 0.15) is 12.8 Å². The lowest BCUT2D eigenvalue weighted by molar-refractivity contribution is 0.385. The van der Waals surface area contributed by atoms with E-state index in [9.17, 15) is 0 Å². The van der Waals surface area contributed by atoms with E-state index in [0.29, 0.717) is 12.2 Å². The molecule has 0 saturated carbocycles. The highest BCUT2D eigenvalue weighted by atomic mass is 35.5. The second-order valence-corrected chi connectivity index (χ2v) is 2.66. The summed E-state index contributed by atoms with van der Waals surface area (Å²) in [6.07, 6.45) is 3.05. The van der Waals surface area contributed by atoms with Crippen molar-refractivity contribution in [3.05, 3.63) is 22.6 Å². The molecule has 10 heavy (non-hydrogen) atoms. The van der Waals surface area contributed by atoms with Crippen LogP contribution in [0.4, 0.5) is 0 Å². The van der Waals surface area contributed by atoms with Crippen molar-refractivity contribution >= 4 is 11.6 Å². The molecule has 2 N–H and O–H groups in total. The molecule has 0 atom stereocenters. The van der Waals surface area contributed by atoms with E-state index in [1.54, 1.807) is 13.1 Å². The summed E-state index contributed by atoms with van der Waals surface area (Å²) in [5.74, 6) is 0.397. The molecular weight excluding hydrogens is 150 g/mol. The number of hydrogen-bond acceptors (Lipinski definition) is 2. The predicted molar refractivity (Wildman–Crippen MR) is 41.9 cm³/mol. The van der Waals surface area contributed by atoms with Gasteiger partial charge in [0.2, 0.25) is 0 Å². The van der Waals surface area contributed by atoms with Gasteiger partial charge < -0.3 is 10.4 Å². The van der Waals surface area contributed by atoms with Crippen LogP contribution in [-0.2, 0) is 0 Å². The van der Waals surface area contributed by atoms with Crippen LogP contribution < -0.4 is 5.32 Å². The molecule has 0 spiro atoms. The molecule has 0 aliphatic heterocycles. The highest BCUT2D eigenvalue weighted by Gasteiger charge is 2.08. The van der Waals surface area contributed by atoms with E-state index in [0.717, 1.165) is 17.2 Å². The van der Waals surface area contributed by atoms with Crippen molar-refractivity contribution < 1.29 is 5.11 Å². The summed E-state index contributed by atoms with van der Waals surface area (Å²) in [6, 6.07) is 0. The minimum absolute atomic E-state index is 0.397. The lowest BCUT2D eigenvalue weighted by Crippen LogP contribution is -2.09. The van der Waals surface area contributed by atoms with Gasteiger partial charge in [-0.15, -0.1) is 0 Å². The zero-order chi connectivity index (χ0) is 7.56. The van der Waals surface area contributed by atoms with Gasteiger partial charge in [-0.05, 0) is 12.5 Å². The van der Waals surface area contributed by atoms with Crippen molar-refractivity contribution in [3.63, 3.8) is 0 Å². The van der Waals surface area contributed by atoms with E-state index in [4.69, 9.17) is 16.7 Å². The van der Waals surface area contributed by atoms with Crippen LogP contribution in [0.5, 0.6) is 0 Å². The van der Waals surface area contributed by atoms with E-state index < -0.39 is 0 Å². The average Bonchev–Trinajstić information content (AvgIpc) is 1.94. The lowest BCUT2D eigenvalue weighted by Gasteiger charge is -2.11. The molecule has 0 fully saturated rings. The molecule has 56 valence electrons. The Hall–Kier alpha value is -0.630. The Morgan fingerprint density at radius 2 is 2.30 bits per heavy atom. The van der Waals surface area contributed by atoms with Crippen LogP contribution in [0.3, 0.4) is 0 Å². The van der Waals surface area contributed by atoms with Crippen molar-refractivity contribution in [2.45, 2.75) is 12.8 Å². The molecule has 0 aromatic carbocycles. The van der Waals surface area contributed by atoms with Crippen molar-refractivity contribution in [3.8, 4) is 0 Å². The first kappa shape index (κ1) is 7.48. The number of allylic oxidation sites excluding steroid dienone is 3. The second-order valence-electron chi connectivity index (χ2n) is 2.20. The summed E-state index contributed by atoms with van der Waals surface area (Å²) >= 11 is 5.81. The maximum absolute atomic E-state index is 9.06. The second kappa shape index (κ2) is 2.97. The Labute approximate surface area is 65.2 Å². The van der Waals surface area contributed by atoms with Gasteiger partial charge in [0.1, 0.15) is 0 Å². The molecule has 0 bridgehead atoms. The summed E-state index contributed by atoms with van der Waals surface area (Å²) in [7, 11) is 1.78. The van der Waals surface area contributed by atoms with E-state index in [1.165, 1.54) is 0 Å². The molecule has 0 aromatic heterocycles. The molecule has 2 nitrogen and oxygen atoms in total. The van der Waals surface area contributed by atoms with Gasteiger partial charge in [-0.25, -0.2) is 0 Å². The Morgan fingerprint density at radius 1 is 1.60 bits per heavy atom. The SMILES string of the molecule is CNC1=C(Cl)CCC(O)=C1. The van der Waals surface area contributed by atoms with Crippen molar-refractivity contribution in [1.29, 1.82) is 0 Å². The van der Waals surface area contributed by atoms with Crippen LogP contribution in [0.15, 0.2) is 22.6 Å². The Morgan fingerprint density at radius 3 is 2.80 bits per heavy atom. The van der Waals surface area contributed by atoms with Gasteiger partial charge in [0.25, 0.3) is 0 Å². The minimum Gasteiger partial charge on any atom is -0.512 e. The van der Waals surface area contributed by atoms with Crippen LogP contribution in [0, 0.1) is 0 Å². The lowest BCUT2D eigenvalue weighted by atomic mass is 10.1. The molecule has 1 aliphatic carbocycles. The number of hydrogen-bond donors (Lipinski definition) is 2. The molecule has 0 aromatic rings. The van der Waals surface area contributed by atoms with Crippen molar-refractivity contribution in [2.24, 2.45) is 0 Å². The summed E-state index contributed by atoms with van der Waals surface area (Å²) in [5.41, 5.74) is 0.824. The maximum atomic E-state index is 9.06. The third-order valence-corrected chi connectivity index (χ3v) is 1.87. The first-order valence-electron chi connectivity index (χ1n) is 3.20. The topological polar surface area (TPSA) is 32.3 Å². The summed E-state index contributed by atoms with van der Waals surface area (Å²) in [6.45, 7) is 0. The van der Waals surface area contributed by atoms with Gasteiger partial charge in [-0.1, -0.05) is 11.6 Å². The number of nitrogens with one attached hydrogen (secondary N) is 1. The largest absolute Gasteiger partial charge is 0.512 e. The Balaban J connectivity index is 2.82. The monoisotopic (exact) mass is 159 g/mol. The molecule has 0 heterocycles. The van der Waals surface area contributed by atoms with Gasteiger partial charge in [-0.2, -0.15) is 0 Å². The predicted octanol–water partition coefficient (Wildman–Crippen LogP) is 1.89. The molecule has 1 aliphatic rings. The van der Waals surface area contributed by atoms with Crippen LogP contribution in [0.25, 0.3) is 0 Å². The molecule has 0 saturated heterocycles. The summed E-state index contributed by atoms with van der Waals surface area (Å²) in [4.78, 5) is 0. The van der Waals surface area contributed by atoms with E-state index in [2.05, 4.69) is 5.32 Å². The standard InChI is InChI=1S/C7H10ClNO/c1-9-7-4-5(10)2-3-6(7)8/h4,9-10H,2-3H2,1H3. The smallest absolute Gasteiger partial charge is 0.0947 e. The van der Waals surface area contributed by atoms with Crippen molar-refractivity contribution in [2.75, 3.05) is 7.05 Å². The number of likely N-dealkylation sites (N-methyl/N-ethyl adjacent to an activating group) is 1. The van der Waals surface area contributed by atoms with Crippen LogP contribution in [0.2, 0.25) is 0 Å². The number of aliphatic hydroxyl groups excluding tert-OH is 1. The molecule has 1 rings (SSSR count). The number of aliphatic hydroxyl groups is 1. The fourth-order valence-electron chi connectivity index (χ4n) is 0.897. The molecular formula is C7H10ClNO. The third-order valence-electron chi connectivity index (χ3n) is 1.47. The van der Waals surface area contributed by atoms with Gasteiger partial charge in [0, 0.05) is 18.5 Å². The molecule has 3 heteroatoms. The van der Waals surface area contributed by atoms with Gasteiger partial charge in [0.15, 0.2) is 0 Å². The zero-order valence-electron chi connectivity index (χ0n) is 5.82. The van der Waals surface area contributed by atoms with E-state index in [-0.39, 0.29) is 0 Å². The normalized spacial score (nSPS) is 18.8. The molecule has 0 unspecified atom stereocenters. The van der Waals surface area contributed by atoms with Gasteiger partial charge in [0.05, 0.1) is 11.5 Å². The van der Waals surface area contributed by atoms with Crippen LogP contribution in [-0.4, -0.2) is 12.2 Å². The minimum atomic E-state index is 0.397. The highest BCUT2D eigenvalue weighted by molar-refractivity contribution is 6.30. The first-order chi connectivity index (χ1) is 4.74. The van der Waals surface area contributed by atoms with E-state index >= 15 is 0 Å². The van der Waals surface area contributed by atoms with E-state index in [1.807, 2.05) is 0 Å². The summed E-state index contributed by atoms with van der Waals surface area (Å²) < 4.78 is 0. The quantitative estimate of drug-likeness (QED) is 0.613. The molecule has 0 amide bonds. The zero-order valence-corrected chi connectivity index (χ0v) is 6.57. The number of rotatable bonds is 1. The summed E-state index contributed by atoms with van der Waals surface area (Å²) in [5, 5.41) is 12.7. The molecule has 0 radical (unpaired) electrons. The first-order valence-corrected chi connectivity index (χ1v) is 3.58.